The molecular formula is C9H11ClF3NOS. The highest BCUT2D eigenvalue weighted by Crippen LogP contribution is 2.44. The monoisotopic (exact) mass is 273 g/mol. The van der Waals surface area contributed by atoms with E-state index in [0.717, 1.165) is 0 Å². The molecule has 1 aliphatic heterocycles. The van der Waals surface area contributed by atoms with Gasteiger partial charge in [-0.15, -0.1) is 23.7 Å². The number of hydrogen-bond donors (Lipinski definition) is 1. The SMILES string of the molecule is CNC1COc2c(csc2C(F)(F)F)C1.Cl. The standard InChI is InChI=1S/C9H10F3NOS.ClH/c1-13-6-2-5-4-15-8(9(10,11)12)7(5)14-3-6;/h4,6,13H,2-3H2,1H3;1H. The van der Waals surface area contributed by atoms with Gasteiger partial charge < -0.3 is 10.1 Å². The van der Waals surface area contributed by atoms with Gasteiger partial charge in [-0.2, -0.15) is 13.2 Å². The molecule has 2 heterocycles. The predicted octanol–water partition coefficient (Wildman–Crippen LogP) is 2.71. The van der Waals surface area contributed by atoms with Crippen molar-refractivity contribution in [1.29, 1.82) is 0 Å². The molecule has 2 rings (SSSR count). The third kappa shape index (κ3) is 2.44. The fourth-order valence-electron chi connectivity index (χ4n) is 1.57. The van der Waals surface area contributed by atoms with Gasteiger partial charge in [0.2, 0.25) is 0 Å². The summed E-state index contributed by atoms with van der Waals surface area (Å²) in [7, 11) is 1.77. The molecule has 0 radical (unpaired) electrons. The summed E-state index contributed by atoms with van der Waals surface area (Å²) in [5, 5.41) is 4.52. The first-order chi connectivity index (χ1) is 7.02. The van der Waals surface area contributed by atoms with Crippen molar-refractivity contribution in [3.05, 3.63) is 15.8 Å². The molecule has 0 aliphatic carbocycles. The number of ether oxygens (including phenoxy) is 1. The minimum Gasteiger partial charge on any atom is -0.490 e. The number of halogens is 4. The summed E-state index contributed by atoms with van der Waals surface area (Å²) in [4.78, 5) is -0.618. The molecule has 0 amide bonds. The Morgan fingerprint density at radius 2 is 2.19 bits per heavy atom. The van der Waals surface area contributed by atoms with E-state index in [-0.39, 0.29) is 24.2 Å². The Hall–Kier alpha value is -0.460. The van der Waals surface area contributed by atoms with E-state index in [1.54, 1.807) is 7.05 Å². The lowest BCUT2D eigenvalue weighted by molar-refractivity contribution is -0.135. The Kier molecular flexibility index (Phi) is 4.09. The zero-order chi connectivity index (χ0) is 11.1. The van der Waals surface area contributed by atoms with E-state index in [9.17, 15) is 13.2 Å². The van der Waals surface area contributed by atoms with Crippen molar-refractivity contribution in [2.75, 3.05) is 13.7 Å². The van der Waals surface area contributed by atoms with Crippen LogP contribution in [0.1, 0.15) is 10.4 Å². The molecule has 0 fully saturated rings. The average molecular weight is 274 g/mol. The van der Waals surface area contributed by atoms with Gasteiger partial charge in [-0.25, -0.2) is 0 Å². The van der Waals surface area contributed by atoms with E-state index in [1.807, 2.05) is 0 Å². The maximum atomic E-state index is 12.5. The van der Waals surface area contributed by atoms with Gasteiger partial charge in [0.15, 0.2) is 4.88 Å². The predicted molar refractivity (Wildman–Crippen MR) is 58.6 cm³/mol. The molecule has 1 aliphatic rings. The normalized spacial score (nSPS) is 19.6. The summed E-state index contributed by atoms with van der Waals surface area (Å²) >= 11 is 0.707. The van der Waals surface area contributed by atoms with E-state index in [1.165, 1.54) is 5.38 Å². The maximum absolute atomic E-state index is 12.5. The lowest BCUT2D eigenvalue weighted by Gasteiger charge is -2.23. The second-order valence-electron chi connectivity index (χ2n) is 3.42. The number of likely N-dealkylation sites (N-methyl/N-ethyl adjacent to an activating group) is 1. The molecule has 0 aromatic carbocycles. The second kappa shape index (κ2) is 4.81. The molecule has 92 valence electrons. The number of rotatable bonds is 1. The molecule has 1 atom stereocenters. The molecule has 16 heavy (non-hydrogen) atoms. The highest BCUT2D eigenvalue weighted by Gasteiger charge is 2.39. The lowest BCUT2D eigenvalue weighted by atomic mass is 10.1. The molecule has 0 saturated heterocycles. The molecule has 0 saturated carbocycles. The van der Waals surface area contributed by atoms with Gasteiger partial charge in [0.25, 0.3) is 0 Å². The Morgan fingerprint density at radius 3 is 2.75 bits per heavy atom. The van der Waals surface area contributed by atoms with Crippen LogP contribution in [0.5, 0.6) is 5.75 Å². The summed E-state index contributed by atoms with van der Waals surface area (Å²) in [5.74, 6) is 0.0269. The minimum absolute atomic E-state index is 0. The van der Waals surface area contributed by atoms with Crippen LogP contribution in [0.4, 0.5) is 13.2 Å². The van der Waals surface area contributed by atoms with Crippen molar-refractivity contribution in [3.8, 4) is 5.75 Å². The van der Waals surface area contributed by atoms with Crippen molar-refractivity contribution < 1.29 is 17.9 Å². The Morgan fingerprint density at radius 1 is 1.50 bits per heavy atom. The molecule has 1 unspecified atom stereocenters. The van der Waals surface area contributed by atoms with Gasteiger partial charge in [-0.1, -0.05) is 0 Å². The molecule has 1 N–H and O–H groups in total. The van der Waals surface area contributed by atoms with Crippen molar-refractivity contribution in [2.45, 2.75) is 18.6 Å². The zero-order valence-electron chi connectivity index (χ0n) is 8.43. The Bertz CT molecular complexity index is 366. The van der Waals surface area contributed by atoms with E-state index in [2.05, 4.69) is 5.32 Å². The number of hydrogen-bond acceptors (Lipinski definition) is 3. The number of alkyl halides is 3. The molecule has 1 aromatic rings. The van der Waals surface area contributed by atoms with Crippen LogP contribution in [-0.2, 0) is 12.6 Å². The van der Waals surface area contributed by atoms with Crippen LogP contribution in [0.2, 0.25) is 0 Å². The summed E-state index contributed by atoms with van der Waals surface area (Å²) in [6, 6.07) is 0.105. The largest absolute Gasteiger partial charge is 0.490 e. The average Bonchev–Trinajstić information content (AvgIpc) is 2.59. The van der Waals surface area contributed by atoms with Crippen molar-refractivity contribution in [2.24, 2.45) is 0 Å². The minimum atomic E-state index is -4.30. The first kappa shape index (κ1) is 13.6. The van der Waals surface area contributed by atoms with Gasteiger partial charge in [0.05, 0.1) is 0 Å². The number of thiophene rings is 1. The molecule has 7 heteroatoms. The molecule has 2 nitrogen and oxygen atoms in total. The van der Waals surface area contributed by atoms with Crippen molar-refractivity contribution >= 4 is 23.7 Å². The van der Waals surface area contributed by atoms with Crippen LogP contribution < -0.4 is 10.1 Å². The van der Waals surface area contributed by atoms with Gasteiger partial charge in [-0.05, 0) is 18.8 Å². The third-order valence-electron chi connectivity index (χ3n) is 2.38. The quantitative estimate of drug-likeness (QED) is 0.849. The van der Waals surface area contributed by atoms with Crippen LogP contribution >= 0.6 is 23.7 Å². The van der Waals surface area contributed by atoms with Crippen molar-refractivity contribution in [1.82, 2.24) is 5.32 Å². The van der Waals surface area contributed by atoms with E-state index >= 15 is 0 Å². The van der Waals surface area contributed by atoms with E-state index < -0.39 is 11.1 Å². The fraction of sp³-hybridized carbons (Fsp3) is 0.556. The highest BCUT2D eigenvalue weighted by atomic mass is 35.5. The zero-order valence-corrected chi connectivity index (χ0v) is 10.1. The smallest absolute Gasteiger partial charge is 0.429 e. The van der Waals surface area contributed by atoms with Gasteiger partial charge in [0, 0.05) is 11.6 Å². The lowest BCUT2D eigenvalue weighted by Crippen LogP contribution is -2.36. The van der Waals surface area contributed by atoms with Gasteiger partial charge in [-0.3, -0.25) is 0 Å². The molecule has 0 spiro atoms. The van der Waals surface area contributed by atoms with Gasteiger partial charge in [0.1, 0.15) is 12.4 Å². The van der Waals surface area contributed by atoms with Crippen LogP contribution in [0, 0.1) is 0 Å². The van der Waals surface area contributed by atoms with Crippen LogP contribution in [0.15, 0.2) is 5.38 Å². The first-order valence-electron chi connectivity index (χ1n) is 4.50. The molecule has 0 bridgehead atoms. The Labute approximate surface area is 101 Å². The fourth-order valence-corrected chi connectivity index (χ4v) is 2.47. The first-order valence-corrected chi connectivity index (χ1v) is 5.38. The summed E-state index contributed by atoms with van der Waals surface area (Å²) in [5.41, 5.74) is 0.651. The van der Waals surface area contributed by atoms with E-state index in [4.69, 9.17) is 4.74 Å². The molecular weight excluding hydrogens is 263 g/mol. The van der Waals surface area contributed by atoms with Crippen LogP contribution in [0.3, 0.4) is 0 Å². The molecule has 1 aromatic heterocycles. The summed E-state index contributed by atoms with van der Waals surface area (Å²) < 4.78 is 42.7. The number of fused-ring (bicyclic) bond motifs is 1. The topological polar surface area (TPSA) is 21.3 Å². The van der Waals surface area contributed by atoms with E-state index in [0.29, 0.717) is 29.9 Å². The van der Waals surface area contributed by atoms with Crippen molar-refractivity contribution in [3.63, 3.8) is 0 Å². The van der Waals surface area contributed by atoms with Crippen LogP contribution in [-0.4, -0.2) is 19.7 Å². The summed E-state index contributed by atoms with van der Waals surface area (Å²) in [6.45, 7) is 0.295. The Balaban J connectivity index is 0.00000128. The second-order valence-corrected chi connectivity index (χ2v) is 4.30. The van der Waals surface area contributed by atoms with Gasteiger partial charge >= 0.3 is 6.18 Å². The van der Waals surface area contributed by atoms with Crippen LogP contribution in [0.25, 0.3) is 0 Å². The summed E-state index contributed by atoms with van der Waals surface area (Å²) in [6.07, 6.45) is -3.71. The highest BCUT2D eigenvalue weighted by molar-refractivity contribution is 7.10. The maximum Gasteiger partial charge on any atom is 0.429 e. The third-order valence-corrected chi connectivity index (χ3v) is 3.43. The number of nitrogens with one attached hydrogen (secondary N) is 1.